The fourth-order valence-electron chi connectivity index (χ4n) is 1.63. The number of alkyl halides is 1. The number of halogens is 2. The number of benzene rings is 1. The first-order valence-electron chi connectivity index (χ1n) is 5.64. The van der Waals surface area contributed by atoms with Gasteiger partial charge in [-0.15, -0.1) is 11.6 Å². The van der Waals surface area contributed by atoms with Gasteiger partial charge in [0.1, 0.15) is 11.6 Å². The predicted molar refractivity (Wildman–Crippen MR) is 76.1 cm³/mol. The summed E-state index contributed by atoms with van der Waals surface area (Å²) < 4.78 is 8.65. The number of nitrogens with zero attached hydrogens (tertiary/aromatic N) is 2. The maximum atomic E-state index is 5.77. The number of ether oxygens (including phenoxy) is 1. The number of hydrogen-bond acceptors (Lipinski definition) is 2. The Balaban J connectivity index is 1.92. The Labute approximate surface area is 120 Å². The molecule has 0 bridgehead atoms. The van der Waals surface area contributed by atoms with Crippen LogP contribution in [0.5, 0.6) is 5.75 Å². The summed E-state index contributed by atoms with van der Waals surface area (Å²) in [5.74, 6) is 2.35. The molecular formula is C13H14BrClN2O. The SMILES string of the molecule is Cn1ccnc1CCOc1ccc(CCl)cc1Br. The lowest BCUT2D eigenvalue weighted by molar-refractivity contribution is 0.315. The quantitative estimate of drug-likeness (QED) is 0.785. The van der Waals surface area contributed by atoms with Crippen molar-refractivity contribution >= 4 is 27.5 Å². The van der Waals surface area contributed by atoms with E-state index in [2.05, 4.69) is 20.9 Å². The number of aryl methyl sites for hydroxylation is 1. The molecule has 0 saturated carbocycles. The number of rotatable bonds is 5. The van der Waals surface area contributed by atoms with E-state index in [1.165, 1.54) is 0 Å². The van der Waals surface area contributed by atoms with Crippen molar-refractivity contribution in [1.82, 2.24) is 9.55 Å². The van der Waals surface area contributed by atoms with E-state index in [1.54, 1.807) is 6.20 Å². The van der Waals surface area contributed by atoms with E-state index < -0.39 is 0 Å². The summed E-state index contributed by atoms with van der Waals surface area (Å²) in [6.45, 7) is 0.601. The maximum Gasteiger partial charge on any atom is 0.133 e. The van der Waals surface area contributed by atoms with Crippen LogP contribution in [0, 0.1) is 0 Å². The van der Waals surface area contributed by atoms with Crippen molar-refractivity contribution in [3.63, 3.8) is 0 Å². The van der Waals surface area contributed by atoms with E-state index in [4.69, 9.17) is 16.3 Å². The third kappa shape index (κ3) is 3.27. The number of hydrogen-bond donors (Lipinski definition) is 0. The van der Waals surface area contributed by atoms with E-state index in [1.807, 2.05) is 36.0 Å². The van der Waals surface area contributed by atoms with Crippen molar-refractivity contribution in [3.8, 4) is 5.75 Å². The van der Waals surface area contributed by atoms with E-state index in [-0.39, 0.29) is 0 Å². The monoisotopic (exact) mass is 328 g/mol. The smallest absolute Gasteiger partial charge is 0.133 e. The lowest BCUT2D eigenvalue weighted by atomic mass is 10.2. The minimum atomic E-state index is 0.506. The van der Waals surface area contributed by atoms with Crippen LogP contribution in [0.25, 0.3) is 0 Å². The summed E-state index contributed by atoms with van der Waals surface area (Å²) in [6, 6.07) is 5.87. The van der Waals surface area contributed by atoms with Gasteiger partial charge in [-0.2, -0.15) is 0 Å². The third-order valence-corrected chi connectivity index (χ3v) is 3.58. The summed E-state index contributed by atoms with van der Waals surface area (Å²) in [4.78, 5) is 4.25. The van der Waals surface area contributed by atoms with Crippen LogP contribution >= 0.6 is 27.5 Å². The summed E-state index contributed by atoms with van der Waals surface area (Å²) in [6.07, 6.45) is 4.51. The van der Waals surface area contributed by atoms with Crippen LogP contribution in [-0.2, 0) is 19.3 Å². The first-order chi connectivity index (χ1) is 8.70. The van der Waals surface area contributed by atoms with Gasteiger partial charge in [-0.25, -0.2) is 4.98 Å². The average Bonchev–Trinajstić information content (AvgIpc) is 2.77. The summed E-state index contributed by atoms with van der Waals surface area (Å²) in [5.41, 5.74) is 1.07. The molecule has 5 heteroatoms. The molecule has 1 heterocycles. The van der Waals surface area contributed by atoms with Crippen molar-refractivity contribution in [1.29, 1.82) is 0 Å². The highest BCUT2D eigenvalue weighted by Crippen LogP contribution is 2.26. The van der Waals surface area contributed by atoms with Gasteiger partial charge in [0.25, 0.3) is 0 Å². The molecule has 0 atom stereocenters. The van der Waals surface area contributed by atoms with Crippen LogP contribution in [0.4, 0.5) is 0 Å². The Morgan fingerprint density at radius 3 is 2.89 bits per heavy atom. The van der Waals surface area contributed by atoms with E-state index in [0.717, 1.165) is 28.0 Å². The molecule has 0 aliphatic carbocycles. The molecule has 0 spiro atoms. The summed E-state index contributed by atoms with van der Waals surface area (Å²) in [7, 11) is 1.98. The van der Waals surface area contributed by atoms with Gasteiger partial charge in [-0.3, -0.25) is 0 Å². The third-order valence-electron chi connectivity index (χ3n) is 2.65. The molecule has 0 amide bonds. The topological polar surface area (TPSA) is 27.1 Å². The average molecular weight is 330 g/mol. The molecule has 18 heavy (non-hydrogen) atoms. The molecule has 96 valence electrons. The van der Waals surface area contributed by atoms with Crippen molar-refractivity contribution in [3.05, 3.63) is 46.5 Å². The second-order valence-corrected chi connectivity index (χ2v) is 5.07. The molecule has 0 aliphatic rings. The van der Waals surface area contributed by atoms with Crippen LogP contribution in [0.3, 0.4) is 0 Å². The van der Waals surface area contributed by atoms with Crippen molar-refractivity contribution < 1.29 is 4.74 Å². The Morgan fingerprint density at radius 1 is 1.44 bits per heavy atom. The molecule has 0 radical (unpaired) electrons. The molecule has 0 aliphatic heterocycles. The van der Waals surface area contributed by atoms with Gasteiger partial charge < -0.3 is 9.30 Å². The molecule has 0 unspecified atom stereocenters. The minimum absolute atomic E-state index is 0.506. The second kappa shape index (κ2) is 6.25. The van der Waals surface area contributed by atoms with Crippen LogP contribution in [-0.4, -0.2) is 16.2 Å². The molecule has 1 aromatic heterocycles. The van der Waals surface area contributed by atoms with Crippen LogP contribution in [0.1, 0.15) is 11.4 Å². The van der Waals surface area contributed by atoms with Gasteiger partial charge in [-0.05, 0) is 33.6 Å². The predicted octanol–water partition coefficient (Wildman–Crippen LogP) is 3.54. The summed E-state index contributed by atoms with van der Waals surface area (Å²) in [5, 5.41) is 0. The van der Waals surface area contributed by atoms with E-state index in [9.17, 15) is 0 Å². The molecule has 0 fully saturated rings. The zero-order valence-corrected chi connectivity index (χ0v) is 12.4. The zero-order chi connectivity index (χ0) is 13.0. The van der Waals surface area contributed by atoms with Gasteiger partial charge in [0.05, 0.1) is 11.1 Å². The lowest BCUT2D eigenvalue weighted by Crippen LogP contribution is -2.06. The highest BCUT2D eigenvalue weighted by molar-refractivity contribution is 9.10. The lowest BCUT2D eigenvalue weighted by Gasteiger charge is -2.09. The highest BCUT2D eigenvalue weighted by Gasteiger charge is 2.04. The van der Waals surface area contributed by atoms with Crippen LogP contribution in [0.15, 0.2) is 35.1 Å². The fraction of sp³-hybridized carbons (Fsp3) is 0.308. The molecule has 0 N–H and O–H groups in total. The van der Waals surface area contributed by atoms with Gasteiger partial charge in [0, 0.05) is 31.7 Å². The number of aromatic nitrogens is 2. The standard InChI is InChI=1S/C13H14BrClN2O/c1-17-6-5-16-13(17)4-7-18-12-3-2-10(9-15)8-11(12)14/h2-3,5-6,8H,4,7,9H2,1H3. The number of imidazole rings is 1. The van der Waals surface area contributed by atoms with Gasteiger partial charge in [-0.1, -0.05) is 6.07 Å². The fourth-order valence-corrected chi connectivity index (χ4v) is 2.34. The Kier molecular flexibility index (Phi) is 4.66. The highest BCUT2D eigenvalue weighted by atomic mass is 79.9. The van der Waals surface area contributed by atoms with Crippen molar-refractivity contribution in [2.45, 2.75) is 12.3 Å². The molecular weight excluding hydrogens is 316 g/mol. The van der Waals surface area contributed by atoms with Crippen LogP contribution < -0.4 is 4.74 Å². The Hall–Kier alpha value is -1.000. The van der Waals surface area contributed by atoms with Gasteiger partial charge in [0.2, 0.25) is 0 Å². The second-order valence-electron chi connectivity index (χ2n) is 3.95. The first kappa shape index (κ1) is 13.4. The minimum Gasteiger partial charge on any atom is -0.492 e. The van der Waals surface area contributed by atoms with E-state index >= 15 is 0 Å². The van der Waals surface area contributed by atoms with Gasteiger partial charge >= 0.3 is 0 Å². The first-order valence-corrected chi connectivity index (χ1v) is 6.97. The molecule has 2 rings (SSSR count). The maximum absolute atomic E-state index is 5.77. The van der Waals surface area contributed by atoms with Crippen molar-refractivity contribution in [2.24, 2.45) is 7.05 Å². The van der Waals surface area contributed by atoms with E-state index in [0.29, 0.717) is 12.5 Å². The van der Waals surface area contributed by atoms with Gasteiger partial charge in [0.15, 0.2) is 0 Å². The molecule has 2 aromatic rings. The molecule has 1 aromatic carbocycles. The Bertz CT molecular complexity index is 527. The van der Waals surface area contributed by atoms with Crippen LogP contribution in [0.2, 0.25) is 0 Å². The normalized spacial score (nSPS) is 10.6. The Morgan fingerprint density at radius 2 is 2.28 bits per heavy atom. The zero-order valence-electron chi connectivity index (χ0n) is 10.1. The largest absolute Gasteiger partial charge is 0.492 e. The molecule has 0 saturated heterocycles. The molecule has 3 nitrogen and oxygen atoms in total. The summed E-state index contributed by atoms with van der Waals surface area (Å²) >= 11 is 9.24. The van der Waals surface area contributed by atoms with Crippen molar-refractivity contribution in [2.75, 3.05) is 6.61 Å².